The molecule has 0 aliphatic rings. The summed E-state index contributed by atoms with van der Waals surface area (Å²) in [5, 5.41) is 6.07. The quantitative estimate of drug-likeness (QED) is 0.849. The number of aromatic nitrogens is 2. The molecule has 6 heteroatoms. The fourth-order valence-electron chi connectivity index (χ4n) is 1.31. The summed E-state index contributed by atoms with van der Waals surface area (Å²) >= 11 is 0. The van der Waals surface area contributed by atoms with Gasteiger partial charge < -0.3 is 0 Å². The Labute approximate surface area is 93.6 Å². The molecule has 0 saturated heterocycles. The second kappa shape index (κ2) is 3.97. The van der Waals surface area contributed by atoms with Crippen LogP contribution in [-0.2, 0) is 10.0 Å². The fourth-order valence-corrected chi connectivity index (χ4v) is 2.27. The molecule has 2 N–H and O–H groups in total. The van der Waals surface area contributed by atoms with Crippen molar-refractivity contribution in [2.75, 3.05) is 4.72 Å². The molecule has 0 unspecified atom stereocenters. The van der Waals surface area contributed by atoms with E-state index in [1.807, 2.05) is 13.0 Å². The lowest BCUT2D eigenvalue weighted by atomic mass is 10.2. The topological polar surface area (TPSA) is 74.8 Å². The summed E-state index contributed by atoms with van der Waals surface area (Å²) in [7, 11) is -3.55. The van der Waals surface area contributed by atoms with E-state index in [-0.39, 0.29) is 5.03 Å². The van der Waals surface area contributed by atoms with Crippen molar-refractivity contribution in [3.8, 4) is 0 Å². The van der Waals surface area contributed by atoms with Crippen molar-refractivity contribution in [3.05, 3.63) is 42.1 Å². The van der Waals surface area contributed by atoms with E-state index >= 15 is 0 Å². The molecular formula is C10H11N3O2S. The molecule has 0 aliphatic heterocycles. The first-order chi connectivity index (χ1) is 7.58. The van der Waals surface area contributed by atoms with Gasteiger partial charge in [0.15, 0.2) is 5.03 Å². The number of H-pyrrole nitrogens is 1. The number of anilines is 1. The van der Waals surface area contributed by atoms with E-state index in [0.29, 0.717) is 5.69 Å². The monoisotopic (exact) mass is 237 g/mol. The van der Waals surface area contributed by atoms with E-state index in [9.17, 15) is 8.42 Å². The average molecular weight is 237 g/mol. The highest BCUT2D eigenvalue weighted by Gasteiger charge is 2.14. The van der Waals surface area contributed by atoms with Gasteiger partial charge in [-0.25, -0.2) is 0 Å². The number of nitrogens with zero attached hydrogens (tertiary/aromatic N) is 1. The highest BCUT2D eigenvalue weighted by Crippen LogP contribution is 2.14. The molecule has 0 spiro atoms. The maximum absolute atomic E-state index is 11.8. The van der Waals surface area contributed by atoms with E-state index < -0.39 is 10.0 Å². The van der Waals surface area contributed by atoms with Gasteiger partial charge in [0, 0.05) is 5.69 Å². The number of nitrogens with one attached hydrogen (secondary N) is 2. The highest BCUT2D eigenvalue weighted by atomic mass is 32.2. The molecule has 2 aromatic rings. The van der Waals surface area contributed by atoms with Gasteiger partial charge in [-0.1, -0.05) is 12.1 Å². The molecule has 0 bridgehead atoms. The van der Waals surface area contributed by atoms with Crippen LogP contribution in [0.2, 0.25) is 0 Å². The average Bonchev–Trinajstić information content (AvgIpc) is 2.69. The molecule has 1 aromatic carbocycles. The van der Waals surface area contributed by atoms with Crippen LogP contribution in [0.25, 0.3) is 0 Å². The lowest BCUT2D eigenvalue weighted by Crippen LogP contribution is -2.13. The molecule has 0 amide bonds. The SMILES string of the molecule is Cc1cccc(NS(=O)(=O)c2ccn[nH]2)c1. The van der Waals surface area contributed by atoms with Crippen molar-refractivity contribution >= 4 is 15.7 Å². The van der Waals surface area contributed by atoms with Gasteiger partial charge in [-0.3, -0.25) is 9.82 Å². The van der Waals surface area contributed by atoms with E-state index in [4.69, 9.17) is 0 Å². The predicted molar refractivity (Wildman–Crippen MR) is 60.6 cm³/mol. The Morgan fingerprint density at radius 3 is 2.75 bits per heavy atom. The molecule has 0 aliphatic carbocycles. The molecule has 0 radical (unpaired) electrons. The van der Waals surface area contributed by atoms with Crippen LogP contribution in [0.3, 0.4) is 0 Å². The van der Waals surface area contributed by atoms with Gasteiger partial charge in [0.05, 0.1) is 6.20 Å². The lowest BCUT2D eigenvalue weighted by molar-refractivity contribution is 0.597. The number of benzene rings is 1. The minimum Gasteiger partial charge on any atom is -0.278 e. The number of hydrogen-bond acceptors (Lipinski definition) is 3. The molecular weight excluding hydrogens is 226 g/mol. The van der Waals surface area contributed by atoms with E-state index in [1.165, 1.54) is 12.3 Å². The van der Waals surface area contributed by atoms with Crippen LogP contribution >= 0.6 is 0 Å². The summed E-state index contributed by atoms with van der Waals surface area (Å²) in [6.07, 6.45) is 1.39. The third kappa shape index (κ3) is 2.22. The Morgan fingerprint density at radius 1 is 1.31 bits per heavy atom. The van der Waals surface area contributed by atoms with Gasteiger partial charge in [-0.05, 0) is 30.7 Å². The molecule has 16 heavy (non-hydrogen) atoms. The highest BCUT2D eigenvalue weighted by molar-refractivity contribution is 7.92. The summed E-state index contributed by atoms with van der Waals surface area (Å²) in [5.74, 6) is 0. The van der Waals surface area contributed by atoms with Crippen LogP contribution in [0.1, 0.15) is 5.56 Å². The zero-order chi connectivity index (χ0) is 11.6. The van der Waals surface area contributed by atoms with Crippen LogP contribution in [-0.4, -0.2) is 18.6 Å². The third-order valence-corrected chi connectivity index (χ3v) is 3.35. The third-order valence-electron chi connectivity index (χ3n) is 2.03. The molecule has 0 atom stereocenters. The van der Waals surface area contributed by atoms with Crippen molar-refractivity contribution in [2.24, 2.45) is 0 Å². The number of aryl methyl sites for hydroxylation is 1. The summed E-state index contributed by atoms with van der Waals surface area (Å²) < 4.78 is 26.0. The number of aromatic amines is 1. The minimum absolute atomic E-state index is 0.0500. The molecule has 2 rings (SSSR count). The van der Waals surface area contributed by atoms with Crippen molar-refractivity contribution in [3.63, 3.8) is 0 Å². The molecule has 84 valence electrons. The molecule has 0 fully saturated rings. The predicted octanol–water partition coefficient (Wildman–Crippen LogP) is 1.52. The van der Waals surface area contributed by atoms with Crippen LogP contribution in [0.15, 0.2) is 41.6 Å². The van der Waals surface area contributed by atoms with Crippen LogP contribution < -0.4 is 4.72 Å². The second-order valence-electron chi connectivity index (χ2n) is 3.40. The zero-order valence-corrected chi connectivity index (χ0v) is 9.45. The van der Waals surface area contributed by atoms with Crippen molar-refractivity contribution in [1.29, 1.82) is 0 Å². The van der Waals surface area contributed by atoms with Crippen molar-refractivity contribution in [1.82, 2.24) is 10.2 Å². The summed E-state index contributed by atoms with van der Waals surface area (Å²) in [5.41, 5.74) is 1.53. The maximum Gasteiger partial charge on any atom is 0.278 e. The van der Waals surface area contributed by atoms with E-state index in [1.54, 1.807) is 18.2 Å². The van der Waals surface area contributed by atoms with Gasteiger partial charge >= 0.3 is 0 Å². The largest absolute Gasteiger partial charge is 0.278 e. The second-order valence-corrected chi connectivity index (χ2v) is 5.05. The number of sulfonamides is 1. The van der Waals surface area contributed by atoms with Gasteiger partial charge in [0.25, 0.3) is 10.0 Å². The van der Waals surface area contributed by atoms with Gasteiger partial charge in [-0.15, -0.1) is 0 Å². The van der Waals surface area contributed by atoms with Crippen LogP contribution in [0, 0.1) is 6.92 Å². The van der Waals surface area contributed by atoms with Crippen molar-refractivity contribution in [2.45, 2.75) is 11.9 Å². The Balaban J connectivity index is 2.29. The van der Waals surface area contributed by atoms with Gasteiger partial charge in [-0.2, -0.15) is 13.5 Å². The molecule has 5 nitrogen and oxygen atoms in total. The summed E-state index contributed by atoms with van der Waals surface area (Å²) in [4.78, 5) is 0. The Morgan fingerprint density at radius 2 is 2.12 bits per heavy atom. The van der Waals surface area contributed by atoms with E-state index in [2.05, 4.69) is 14.9 Å². The Kier molecular flexibility index (Phi) is 2.66. The molecule has 1 heterocycles. The first kappa shape index (κ1) is 10.7. The fraction of sp³-hybridized carbons (Fsp3) is 0.100. The van der Waals surface area contributed by atoms with Crippen molar-refractivity contribution < 1.29 is 8.42 Å². The Hall–Kier alpha value is -1.82. The first-order valence-electron chi connectivity index (χ1n) is 4.67. The van der Waals surface area contributed by atoms with E-state index in [0.717, 1.165) is 5.56 Å². The lowest BCUT2D eigenvalue weighted by Gasteiger charge is -2.06. The maximum atomic E-state index is 11.8. The van der Waals surface area contributed by atoms with Crippen LogP contribution in [0.5, 0.6) is 0 Å². The smallest absolute Gasteiger partial charge is 0.278 e. The zero-order valence-electron chi connectivity index (χ0n) is 8.64. The first-order valence-corrected chi connectivity index (χ1v) is 6.15. The Bertz CT molecular complexity index is 576. The number of rotatable bonds is 3. The van der Waals surface area contributed by atoms with Crippen LogP contribution in [0.4, 0.5) is 5.69 Å². The normalized spacial score (nSPS) is 11.3. The van der Waals surface area contributed by atoms with Gasteiger partial charge in [0.1, 0.15) is 0 Å². The standard InChI is InChI=1S/C10H11N3O2S/c1-8-3-2-4-9(7-8)13-16(14,15)10-5-6-11-12-10/h2-7,13H,1H3,(H,11,12). The van der Waals surface area contributed by atoms with Gasteiger partial charge in [0.2, 0.25) is 0 Å². The summed E-state index contributed by atoms with van der Waals surface area (Å²) in [6.45, 7) is 1.90. The number of hydrogen-bond donors (Lipinski definition) is 2. The summed E-state index contributed by atoms with van der Waals surface area (Å²) in [6, 6.07) is 8.54. The minimum atomic E-state index is -3.55. The molecule has 1 aromatic heterocycles. The molecule has 0 saturated carbocycles.